The molecule has 2 aromatic carbocycles. The number of hydrogen-bond donors (Lipinski definition) is 0. The standard InChI is InChI=1S/C20H21F2NO5S2/c1-14(24)15-5-6-16(20(22)11-15)13-23(18-4-2-3-17(21)12-18)30(27,28)19-7-9-29(25,26)10-8-19/h2-6,11-12,19H,7-10,13H2,1H3. The Kier molecular flexibility index (Phi) is 6.28. The van der Waals surface area contributed by atoms with Crippen molar-refractivity contribution < 1.29 is 30.4 Å². The summed E-state index contributed by atoms with van der Waals surface area (Å²) in [4.78, 5) is 11.4. The molecular weight excluding hydrogens is 436 g/mol. The largest absolute Gasteiger partial charge is 0.295 e. The first kappa shape index (κ1) is 22.4. The Morgan fingerprint density at radius 2 is 1.77 bits per heavy atom. The fraction of sp³-hybridized carbons (Fsp3) is 0.350. The molecule has 1 aliphatic rings. The topological polar surface area (TPSA) is 88.6 Å². The summed E-state index contributed by atoms with van der Waals surface area (Å²) in [6.45, 7) is 0.869. The van der Waals surface area contributed by atoms with Gasteiger partial charge in [0.25, 0.3) is 0 Å². The maximum Gasteiger partial charge on any atom is 0.238 e. The molecule has 0 saturated carbocycles. The third-order valence-electron chi connectivity index (χ3n) is 5.10. The van der Waals surface area contributed by atoms with Crippen LogP contribution in [0.5, 0.6) is 0 Å². The Hall–Kier alpha value is -2.33. The molecule has 0 radical (unpaired) electrons. The molecule has 10 heteroatoms. The second kappa shape index (κ2) is 8.43. The minimum atomic E-state index is -4.12. The van der Waals surface area contributed by atoms with Crippen molar-refractivity contribution in [2.45, 2.75) is 31.6 Å². The van der Waals surface area contributed by atoms with Crippen molar-refractivity contribution >= 4 is 31.3 Å². The van der Waals surface area contributed by atoms with Crippen molar-refractivity contribution in [3.63, 3.8) is 0 Å². The Labute approximate surface area is 174 Å². The van der Waals surface area contributed by atoms with Crippen LogP contribution in [0.25, 0.3) is 0 Å². The fourth-order valence-corrected chi connectivity index (χ4v) is 7.06. The third-order valence-corrected chi connectivity index (χ3v) is 9.08. The number of ketones is 1. The molecule has 1 fully saturated rings. The number of hydrogen-bond acceptors (Lipinski definition) is 5. The summed E-state index contributed by atoms with van der Waals surface area (Å²) < 4.78 is 79.3. The van der Waals surface area contributed by atoms with Crippen molar-refractivity contribution in [1.82, 2.24) is 0 Å². The molecule has 0 aliphatic carbocycles. The van der Waals surface area contributed by atoms with Gasteiger partial charge in [0.05, 0.1) is 29.0 Å². The lowest BCUT2D eigenvalue weighted by Gasteiger charge is -2.31. The van der Waals surface area contributed by atoms with E-state index in [9.17, 15) is 30.4 Å². The maximum atomic E-state index is 14.6. The van der Waals surface area contributed by atoms with Gasteiger partial charge in [0.15, 0.2) is 5.78 Å². The lowest BCUT2D eigenvalue weighted by molar-refractivity contribution is 0.101. The highest BCUT2D eigenvalue weighted by Gasteiger charge is 2.37. The van der Waals surface area contributed by atoms with E-state index in [1.165, 1.54) is 31.2 Å². The Balaban J connectivity index is 2.00. The van der Waals surface area contributed by atoms with Crippen molar-refractivity contribution in [3.8, 4) is 0 Å². The van der Waals surface area contributed by atoms with E-state index < -0.39 is 43.3 Å². The monoisotopic (exact) mass is 457 g/mol. The zero-order valence-electron chi connectivity index (χ0n) is 16.2. The van der Waals surface area contributed by atoms with Gasteiger partial charge in [-0.05, 0) is 44.0 Å². The van der Waals surface area contributed by atoms with E-state index in [2.05, 4.69) is 0 Å². The number of carbonyl (C=O) groups excluding carboxylic acids is 1. The number of sulfone groups is 1. The highest BCUT2D eigenvalue weighted by atomic mass is 32.2. The first-order valence-corrected chi connectivity index (χ1v) is 12.6. The van der Waals surface area contributed by atoms with Gasteiger partial charge in [-0.1, -0.05) is 18.2 Å². The van der Waals surface area contributed by atoms with E-state index in [4.69, 9.17) is 0 Å². The SMILES string of the molecule is CC(=O)c1ccc(CN(c2cccc(F)c2)S(=O)(=O)C2CCS(=O)(=O)CC2)c(F)c1. The molecule has 30 heavy (non-hydrogen) atoms. The van der Waals surface area contributed by atoms with Gasteiger partial charge >= 0.3 is 0 Å². The summed E-state index contributed by atoms with van der Waals surface area (Å²) in [5.74, 6) is -2.26. The van der Waals surface area contributed by atoms with Crippen molar-refractivity contribution in [2.75, 3.05) is 15.8 Å². The van der Waals surface area contributed by atoms with Crippen LogP contribution >= 0.6 is 0 Å². The Morgan fingerprint density at radius 3 is 2.33 bits per heavy atom. The van der Waals surface area contributed by atoms with Gasteiger partial charge in [0, 0.05) is 11.1 Å². The summed E-state index contributed by atoms with van der Waals surface area (Å²) in [6, 6.07) is 8.66. The van der Waals surface area contributed by atoms with Crippen LogP contribution in [0, 0.1) is 11.6 Å². The molecule has 0 amide bonds. The minimum absolute atomic E-state index is 0.0104. The lowest BCUT2D eigenvalue weighted by Crippen LogP contribution is -2.42. The molecule has 0 spiro atoms. The summed E-state index contributed by atoms with van der Waals surface area (Å²) in [5, 5.41) is -0.983. The number of halogens is 2. The van der Waals surface area contributed by atoms with Crippen molar-refractivity contribution in [1.29, 1.82) is 0 Å². The van der Waals surface area contributed by atoms with Crippen LogP contribution in [-0.4, -0.2) is 39.4 Å². The molecular formula is C20H21F2NO5S2. The number of nitrogens with zero attached hydrogens (tertiary/aromatic N) is 1. The summed E-state index contributed by atoms with van der Waals surface area (Å²) in [5.41, 5.74) is 0.170. The molecule has 1 aliphatic heterocycles. The van der Waals surface area contributed by atoms with Gasteiger partial charge in [-0.2, -0.15) is 0 Å². The summed E-state index contributed by atoms with van der Waals surface area (Å²) in [6.07, 6.45) is -0.162. The highest BCUT2D eigenvalue weighted by molar-refractivity contribution is 7.94. The molecule has 3 rings (SSSR count). The lowest BCUT2D eigenvalue weighted by atomic mass is 10.1. The van der Waals surface area contributed by atoms with E-state index in [-0.39, 0.29) is 46.9 Å². The van der Waals surface area contributed by atoms with Gasteiger partial charge in [-0.3, -0.25) is 9.10 Å². The molecule has 6 nitrogen and oxygen atoms in total. The van der Waals surface area contributed by atoms with E-state index in [1.54, 1.807) is 0 Å². The minimum Gasteiger partial charge on any atom is -0.295 e. The zero-order chi connectivity index (χ0) is 22.1. The summed E-state index contributed by atoms with van der Waals surface area (Å²) >= 11 is 0. The van der Waals surface area contributed by atoms with Crippen LogP contribution in [0.3, 0.4) is 0 Å². The van der Waals surface area contributed by atoms with Crippen molar-refractivity contribution in [2.24, 2.45) is 0 Å². The van der Waals surface area contributed by atoms with Crippen LogP contribution in [0.4, 0.5) is 14.5 Å². The third kappa shape index (κ3) is 4.86. The van der Waals surface area contributed by atoms with Crippen LogP contribution < -0.4 is 4.31 Å². The molecule has 0 unspecified atom stereocenters. The van der Waals surface area contributed by atoms with E-state index in [0.717, 1.165) is 22.5 Å². The molecule has 0 N–H and O–H groups in total. The van der Waals surface area contributed by atoms with Gasteiger partial charge < -0.3 is 0 Å². The number of sulfonamides is 1. The molecule has 1 saturated heterocycles. The van der Waals surface area contributed by atoms with Crippen LogP contribution in [0.15, 0.2) is 42.5 Å². The number of benzene rings is 2. The second-order valence-electron chi connectivity index (χ2n) is 7.25. The predicted molar refractivity (Wildman–Crippen MR) is 110 cm³/mol. The van der Waals surface area contributed by atoms with Gasteiger partial charge in [-0.15, -0.1) is 0 Å². The quantitative estimate of drug-likeness (QED) is 0.622. The van der Waals surface area contributed by atoms with Crippen LogP contribution in [0.2, 0.25) is 0 Å². The predicted octanol–water partition coefficient (Wildman–Crippen LogP) is 3.08. The Morgan fingerprint density at radius 1 is 1.10 bits per heavy atom. The van der Waals surface area contributed by atoms with Gasteiger partial charge in [-0.25, -0.2) is 25.6 Å². The number of rotatable bonds is 6. The van der Waals surface area contributed by atoms with E-state index in [0.29, 0.717) is 0 Å². The van der Waals surface area contributed by atoms with E-state index >= 15 is 0 Å². The normalized spacial score (nSPS) is 16.9. The van der Waals surface area contributed by atoms with Crippen molar-refractivity contribution in [3.05, 3.63) is 65.2 Å². The van der Waals surface area contributed by atoms with Gasteiger partial charge in [0.1, 0.15) is 21.5 Å². The number of anilines is 1. The average Bonchev–Trinajstić information content (AvgIpc) is 2.66. The number of carbonyl (C=O) groups is 1. The molecule has 162 valence electrons. The first-order chi connectivity index (χ1) is 14.0. The average molecular weight is 458 g/mol. The second-order valence-corrected chi connectivity index (χ2v) is 11.7. The van der Waals surface area contributed by atoms with Crippen LogP contribution in [-0.2, 0) is 26.4 Å². The smallest absolute Gasteiger partial charge is 0.238 e. The molecule has 0 bridgehead atoms. The van der Waals surface area contributed by atoms with Crippen LogP contribution in [0.1, 0.15) is 35.7 Å². The Bertz CT molecular complexity index is 1170. The van der Waals surface area contributed by atoms with E-state index in [1.807, 2.05) is 0 Å². The zero-order valence-corrected chi connectivity index (χ0v) is 17.8. The summed E-state index contributed by atoms with van der Waals surface area (Å²) in [7, 11) is -7.40. The number of Topliss-reactive ketones (excluding diaryl/α,β-unsaturated/α-hetero) is 1. The molecule has 1 heterocycles. The molecule has 2 aromatic rings. The van der Waals surface area contributed by atoms with Gasteiger partial charge in [0.2, 0.25) is 10.0 Å². The first-order valence-electron chi connectivity index (χ1n) is 9.26. The highest BCUT2D eigenvalue weighted by Crippen LogP contribution is 2.29. The molecule has 0 atom stereocenters. The fourth-order valence-electron chi connectivity index (χ4n) is 3.35. The maximum absolute atomic E-state index is 14.6. The molecule has 0 aromatic heterocycles.